The minimum atomic E-state index is 0.280. The van der Waals surface area contributed by atoms with Gasteiger partial charge in [0.05, 0.1) is 11.8 Å². The van der Waals surface area contributed by atoms with Crippen molar-refractivity contribution in [2.75, 3.05) is 14.1 Å². The Balaban J connectivity index is 0.000000615. The van der Waals surface area contributed by atoms with Crippen molar-refractivity contribution in [3.8, 4) is 0 Å². The lowest BCUT2D eigenvalue weighted by Crippen LogP contribution is -2.46. The second-order valence-electron chi connectivity index (χ2n) is 5.24. The van der Waals surface area contributed by atoms with E-state index >= 15 is 0 Å². The first-order chi connectivity index (χ1) is 11.3. The number of benzene rings is 1. The molecular weight excluding hydrogens is 280 g/mol. The van der Waals surface area contributed by atoms with Gasteiger partial charge >= 0.3 is 0 Å². The quantitative estimate of drug-likeness (QED) is 0.716. The zero-order valence-corrected chi connectivity index (χ0v) is 15.8. The molecule has 1 N–H and O–H groups in total. The first-order valence-corrected chi connectivity index (χ1v) is 8.88. The molecule has 0 bridgehead atoms. The average molecular weight is 313 g/mol. The monoisotopic (exact) mass is 312 g/mol. The number of allylic oxidation sites excluding steroid dienone is 2. The van der Waals surface area contributed by atoms with Gasteiger partial charge in [-0.15, -0.1) is 0 Å². The molecule has 0 saturated heterocycles. The summed E-state index contributed by atoms with van der Waals surface area (Å²) in [7, 11) is 3.93. The first kappa shape index (κ1) is 19.4. The third-order valence-electron chi connectivity index (χ3n) is 4.30. The Morgan fingerprint density at radius 2 is 1.61 bits per heavy atom. The molecule has 0 heterocycles. The predicted molar refractivity (Wildman–Crippen MR) is 104 cm³/mol. The SMILES string of the molecule is CC.CC.CN=C1c2ccccc2C2=CCC=C(C)C2C1NC. The summed E-state index contributed by atoms with van der Waals surface area (Å²) in [5, 5.41) is 3.46. The van der Waals surface area contributed by atoms with Gasteiger partial charge in [0.25, 0.3) is 0 Å². The summed E-state index contributed by atoms with van der Waals surface area (Å²) >= 11 is 0. The molecule has 0 aromatic heterocycles. The van der Waals surface area contributed by atoms with E-state index in [4.69, 9.17) is 0 Å². The van der Waals surface area contributed by atoms with Crippen molar-refractivity contribution in [1.29, 1.82) is 0 Å². The Kier molecular flexibility index (Phi) is 7.97. The number of hydrogen-bond acceptors (Lipinski definition) is 2. The molecule has 2 heteroatoms. The van der Waals surface area contributed by atoms with E-state index in [1.54, 1.807) is 0 Å². The lowest BCUT2D eigenvalue weighted by Gasteiger charge is -2.38. The highest BCUT2D eigenvalue weighted by Gasteiger charge is 2.37. The number of nitrogens with one attached hydrogen (secondary N) is 1. The molecule has 2 nitrogen and oxygen atoms in total. The molecule has 0 amide bonds. The molecule has 2 atom stereocenters. The molecule has 126 valence electrons. The number of hydrogen-bond donors (Lipinski definition) is 1. The molecule has 2 aliphatic rings. The van der Waals surface area contributed by atoms with E-state index in [9.17, 15) is 0 Å². The summed E-state index contributed by atoms with van der Waals surface area (Å²) in [4.78, 5) is 4.57. The number of rotatable bonds is 1. The van der Waals surface area contributed by atoms with Crippen LogP contribution in [-0.2, 0) is 0 Å². The first-order valence-electron chi connectivity index (χ1n) is 8.88. The Morgan fingerprint density at radius 1 is 1.00 bits per heavy atom. The maximum atomic E-state index is 4.57. The fourth-order valence-electron chi connectivity index (χ4n) is 3.44. The van der Waals surface area contributed by atoms with Crippen LogP contribution in [0.2, 0.25) is 0 Å². The number of likely N-dealkylation sites (N-methyl/N-ethyl adjacent to an activating group) is 1. The van der Waals surface area contributed by atoms with Gasteiger partial charge in [0.1, 0.15) is 0 Å². The molecule has 0 radical (unpaired) electrons. The lowest BCUT2D eigenvalue weighted by atomic mass is 9.70. The second-order valence-corrected chi connectivity index (χ2v) is 5.24. The molecular formula is C21H32N2. The lowest BCUT2D eigenvalue weighted by molar-refractivity contribution is 0.589. The number of aliphatic imine (C=N–C) groups is 1. The average Bonchev–Trinajstić information content (AvgIpc) is 2.64. The van der Waals surface area contributed by atoms with Gasteiger partial charge in [-0.05, 0) is 31.5 Å². The maximum Gasteiger partial charge on any atom is 0.0602 e. The van der Waals surface area contributed by atoms with Gasteiger partial charge in [-0.25, -0.2) is 0 Å². The van der Waals surface area contributed by atoms with Crippen LogP contribution in [0.25, 0.3) is 5.57 Å². The molecule has 1 aromatic rings. The van der Waals surface area contributed by atoms with Gasteiger partial charge in [-0.2, -0.15) is 0 Å². The normalized spacial score (nSPS) is 23.2. The number of nitrogens with zero attached hydrogens (tertiary/aromatic N) is 1. The van der Waals surface area contributed by atoms with Crippen LogP contribution in [0, 0.1) is 5.92 Å². The van der Waals surface area contributed by atoms with E-state index in [0.29, 0.717) is 5.92 Å². The van der Waals surface area contributed by atoms with Crippen molar-refractivity contribution in [2.24, 2.45) is 10.9 Å². The van der Waals surface area contributed by atoms with Crippen LogP contribution in [-0.4, -0.2) is 25.8 Å². The van der Waals surface area contributed by atoms with Crippen molar-refractivity contribution in [3.63, 3.8) is 0 Å². The third-order valence-corrected chi connectivity index (χ3v) is 4.30. The fourth-order valence-corrected chi connectivity index (χ4v) is 3.44. The highest BCUT2D eigenvalue weighted by atomic mass is 14.9. The molecule has 3 rings (SSSR count). The fraction of sp³-hybridized carbons (Fsp3) is 0.476. The largest absolute Gasteiger partial charge is 0.311 e. The summed E-state index contributed by atoms with van der Waals surface area (Å²) in [5.41, 5.74) is 6.72. The molecule has 0 saturated carbocycles. The Bertz CT molecular complexity index is 594. The minimum absolute atomic E-state index is 0.280. The predicted octanol–water partition coefficient (Wildman–Crippen LogP) is 5.11. The van der Waals surface area contributed by atoms with E-state index in [1.165, 1.54) is 28.0 Å². The zero-order valence-electron chi connectivity index (χ0n) is 15.8. The van der Waals surface area contributed by atoms with Crippen LogP contribution in [0.3, 0.4) is 0 Å². The van der Waals surface area contributed by atoms with Gasteiger partial charge < -0.3 is 5.32 Å². The topological polar surface area (TPSA) is 24.4 Å². The zero-order chi connectivity index (χ0) is 17.4. The minimum Gasteiger partial charge on any atom is -0.311 e. The molecule has 0 aliphatic heterocycles. The Morgan fingerprint density at radius 3 is 2.17 bits per heavy atom. The van der Waals surface area contributed by atoms with Crippen LogP contribution in [0.4, 0.5) is 0 Å². The smallest absolute Gasteiger partial charge is 0.0602 e. The summed E-state index contributed by atoms with van der Waals surface area (Å²) < 4.78 is 0. The molecule has 23 heavy (non-hydrogen) atoms. The van der Waals surface area contributed by atoms with Crippen LogP contribution >= 0.6 is 0 Å². The highest BCUT2D eigenvalue weighted by Crippen LogP contribution is 2.42. The molecule has 1 aromatic carbocycles. The van der Waals surface area contributed by atoms with Crippen molar-refractivity contribution in [3.05, 3.63) is 53.1 Å². The molecule has 2 aliphatic carbocycles. The molecule has 0 fully saturated rings. The standard InChI is InChI=1S/C17H20N2.2C2H6/c1-11-7-6-10-13-12-8-4-5-9-14(12)16(18-2)17(19-3)15(11)13;2*1-2/h4-5,7-10,15,17,19H,6H2,1-3H3;2*1-2H3. The summed E-state index contributed by atoms with van der Waals surface area (Å²) in [6.07, 6.45) is 5.74. The maximum absolute atomic E-state index is 4.57. The summed E-state index contributed by atoms with van der Waals surface area (Å²) in [6, 6.07) is 8.92. The van der Waals surface area contributed by atoms with E-state index in [2.05, 4.69) is 53.7 Å². The molecule has 2 unspecified atom stereocenters. The van der Waals surface area contributed by atoms with Gasteiger partial charge in [0.15, 0.2) is 0 Å². The summed E-state index contributed by atoms with van der Waals surface area (Å²) in [5.74, 6) is 0.423. The summed E-state index contributed by atoms with van der Waals surface area (Å²) in [6.45, 7) is 10.2. The van der Waals surface area contributed by atoms with E-state index in [1.807, 2.05) is 41.8 Å². The van der Waals surface area contributed by atoms with Crippen LogP contribution < -0.4 is 5.32 Å². The van der Waals surface area contributed by atoms with Gasteiger partial charge in [0.2, 0.25) is 0 Å². The van der Waals surface area contributed by atoms with E-state index in [0.717, 1.165) is 6.42 Å². The van der Waals surface area contributed by atoms with Crippen molar-refractivity contribution >= 4 is 11.3 Å². The van der Waals surface area contributed by atoms with E-state index in [-0.39, 0.29) is 6.04 Å². The second kappa shape index (κ2) is 9.46. The van der Waals surface area contributed by atoms with E-state index < -0.39 is 0 Å². The van der Waals surface area contributed by atoms with Crippen LogP contribution in [0.1, 0.15) is 52.2 Å². The van der Waals surface area contributed by atoms with Gasteiger partial charge in [-0.3, -0.25) is 4.99 Å². The number of fused-ring (bicyclic) bond motifs is 3. The van der Waals surface area contributed by atoms with Crippen molar-refractivity contribution < 1.29 is 0 Å². The third kappa shape index (κ3) is 3.64. The van der Waals surface area contributed by atoms with Crippen LogP contribution in [0.15, 0.2) is 47.0 Å². The van der Waals surface area contributed by atoms with Crippen molar-refractivity contribution in [1.82, 2.24) is 5.32 Å². The highest BCUT2D eigenvalue weighted by molar-refractivity contribution is 6.12. The van der Waals surface area contributed by atoms with Gasteiger partial charge in [-0.1, -0.05) is 69.7 Å². The van der Waals surface area contributed by atoms with Crippen molar-refractivity contribution in [2.45, 2.75) is 47.1 Å². The van der Waals surface area contributed by atoms with Crippen LogP contribution in [0.5, 0.6) is 0 Å². The Hall–Kier alpha value is -1.67. The van der Waals surface area contributed by atoms with Gasteiger partial charge in [0, 0.05) is 18.5 Å². The molecule has 0 spiro atoms. The Labute approximate surface area is 142 Å².